The standard InChI is InChI=1S/C18H21N3O4/c1-11(2)21-15(22)13-7-5-4-6-12(13)14(19-21)16(23)20-9-8-18(3,10-20)17(24)25/h4-7,11H,8-10H2,1-3H3,(H,24,25). The topological polar surface area (TPSA) is 92.5 Å². The first-order valence-electron chi connectivity index (χ1n) is 8.29. The molecule has 1 aromatic heterocycles. The van der Waals surface area contributed by atoms with Gasteiger partial charge in [-0.05, 0) is 33.3 Å². The zero-order valence-corrected chi connectivity index (χ0v) is 14.5. The number of nitrogens with zero attached hydrogens (tertiary/aromatic N) is 3. The van der Waals surface area contributed by atoms with Crippen molar-refractivity contribution in [3.8, 4) is 0 Å². The largest absolute Gasteiger partial charge is 0.481 e. The number of carbonyl (C=O) groups excluding carboxylic acids is 1. The molecule has 0 saturated carbocycles. The van der Waals surface area contributed by atoms with Gasteiger partial charge in [-0.15, -0.1) is 0 Å². The normalized spacial score (nSPS) is 20.4. The average Bonchev–Trinajstić information content (AvgIpc) is 2.98. The molecule has 1 aliphatic heterocycles. The van der Waals surface area contributed by atoms with Gasteiger partial charge in [-0.25, -0.2) is 4.68 Å². The fourth-order valence-corrected chi connectivity index (χ4v) is 3.17. The molecule has 1 aromatic carbocycles. The second-order valence-corrected chi connectivity index (χ2v) is 7.08. The van der Waals surface area contributed by atoms with Gasteiger partial charge in [0.1, 0.15) is 0 Å². The van der Waals surface area contributed by atoms with Crippen LogP contribution >= 0.6 is 0 Å². The number of carbonyl (C=O) groups is 2. The number of likely N-dealkylation sites (tertiary alicyclic amines) is 1. The van der Waals surface area contributed by atoms with E-state index in [1.807, 2.05) is 13.8 Å². The van der Waals surface area contributed by atoms with Crippen molar-refractivity contribution in [1.82, 2.24) is 14.7 Å². The van der Waals surface area contributed by atoms with Crippen molar-refractivity contribution >= 4 is 22.6 Å². The van der Waals surface area contributed by atoms with Crippen LogP contribution in [-0.4, -0.2) is 44.8 Å². The SMILES string of the molecule is CC(C)n1nc(C(=O)N2CCC(C)(C(=O)O)C2)c2ccccc2c1=O. The lowest BCUT2D eigenvalue weighted by Crippen LogP contribution is -2.36. The molecule has 1 saturated heterocycles. The van der Waals surface area contributed by atoms with Crippen LogP contribution in [0.4, 0.5) is 0 Å². The van der Waals surface area contributed by atoms with Crippen LogP contribution in [0.5, 0.6) is 0 Å². The molecule has 7 heteroatoms. The van der Waals surface area contributed by atoms with E-state index in [2.05, 4.69) is 5.10 Å². The van der Waals surface area contributed by atoms with E-state index in [1.54, 1.807) is 31.2 Å². The van der Waals surface area contributed by atoms with Crippen molar-refractivity contribution in [1.29, 1.82) is 0 Å². The van der Waals surface area contributed by atoms with Crippen LogP contribution in [0.25, 0.3) is 10.8 Å². The Morgan fingerprint density at radius 1 is 1.24 bits per heavy atom. The molecule has 2 heterocycles. The summed E-state index contributed by atoms with van der Waals surface area (Å²) in [4.78, 5) is 38.5. The Hall–Kier alpha value is -2.70. The van der Waals surface area contributed by atoms with Gasteiger partial charge < -0.3 is 10.0 Å². The van der Waals surface area contributed by atoms with E-state index in [1.165, 1.54) is 9.58 Å². The zero-order valence-electron chi connectivity index (χ0n) is 14.5. The number of fused-ring (bicyclic) bond motifs is 1. The number of hydrogen-bond donors (Lipinski definition) is 1. The van der Waals surface area contributed by atoms with Crippen LogP contribution in [0.3, 0.4) is 0 Å². The number of benzene rings is 1. The molecule has 1 amide bonds. The molecule has 0 aliphatic carbocycles. The molecule has 0 spiro atoms. The Labute approximate surface area is 144 Å². The Kier molecular flexibility index (Phi) is 4.10. The summed E-state index contributed by atoms with van der Waals surface area (Å²) in [6.45, 7) is 5.79. The van der Waals surface area contributed by atoms with Crippen molar-refractivity contribution in [2.75, 3.05) is 13.1 Å². The van der Waals surface area contributed by atoms with Crippen molar-refractivity contribution < 1.29 is 14.7 Å². The number of aliphatic carboxylic acids is 1. The van der Waals surface area contributed by atoms with Gasteiger partial charge in [0.25, 0.3) is 11.5 Å². The quantitative estimate of drug-likeness (QED) is 0.919. The average molecular weight is 343 g/mol. The molecule has 1 fully saturated rings. The van der Waals surface area contributed by atoms with E-state index < -0.39 is 11.4 Å². The van der Waals surface area contributed by atoms with E-state index in [0.29, 0.717) is 23.7 Å². The smallest absolute Gasteiger partial charge is 0.311 e. The summed E-state index contributed by atoms with van der Waals surface area (Å²) < 4.78 is 1.31. The first kappa shape index (κ1) is 17.1. The fourth-order valence-electron chi connectivity index (χ4n) is 3.17. The summed E-state index contributed by atoms with van der Waals surface area (Å²) in [7, 11) is 0. The third-order valence-electron chi connectivity index (χ3n) is 4.80. The van der Waals surface area contributed by atoms with Gasteiger partial charge in [-0.1, -0.05) is 18.2 Å². The fraction of sp³-hybridized carbons (Fsp3) is 0.444. The third kappa shape index (κ3) is 2.79. The Morgan fingerprint density at radius 3 is 2.44 bits per heavy atom. The van der Waals surface area contributed by atoms with Gasteiger partial charge >= 0.3 is 5.97 Å². The lowest BCUT2D eigenvalue weighted by molar-refractivity contribution is -0.147. The maximum Gasteiger partial charge on any atom is 0.311 e. The van der Waals surface area contributed by atoms with E-state index in [-0.39, 0.29) is 29.7 Å². The van der Waals surface area contributed by atoms with E-state index in [0.717, 1.165) is 0 Å². The maximum absolute atomic E-state index is 13.0. The highest BCUT2D eigenvalue weighted by molar-refractivity contribution is 6.05. The monoisotopic (exact) mass is 343 g/mol. The van der Waals surface area contributed by atoms with E-state index in [4.69, 9.17) is 0 Å². The summed E-state index contributed by atoms with van der Waals surface area (Å²) >= 11 is 0. The summed E-state index contributed by atoms with van der Waals surface area (Å²) in [6.07, 6.45) is 0.399. The highest BCUT2D eigenvalue weighted by Crippen LogP contribution is 2.31. The van der Waals surface area contributed by atoms with Crippen LogP contribution in [-0.2, 0) is 4.79 Å². The molecule has 132 valence electrons. The van der Waals surface area contributed by atoms with Crippen LogP contribution in [0.15, 0.2) is 29.1 Å². The molecule has 3 rings (SSSR count). The van der Waals surface area contributed by atoms with Crippen molar-refractivity contribution in [2.45, 2.75) is 33.2 Å². The summed E-state index contributed by atoms with van der Waals surface area (Å²) in [5.74, 6) is -1.25. The zero-order chi connectivity index (χ0) is 18.4. The number of carboxylic acid groups (broad SMARTS) is 1. The van der Waals surface area contributed by atoms with Crippen LogP contribution < -0.4 is 5.56 Å². The van der Waals surface area contributed by atoms with Gasteiger partial charge in [0, 0.05) is 18.5 Å². The number of aromatic nitrogens is 2. The molecule has 1 N–H and O–H groups in total. The molecular weight excluding hydrogens is 322 g/mol. The second-order valence-electron chi connectivity index (χ2n) is 7.08. The van der Waals surface area contributed by atoms with E-state index >= 15 is 0 Å². The van der Waals surface area contributed by atoms with Crippen molar-refractivity contribution in [3.63, 3.8) is 0 Å². The Morgan fingerprint density at radius 2 is 1.88 bits per heavy atom. The summed E-state index contributed by atoms with van der Waals surface area (Å²) in [5.41, 5.74) is -0.990. The molecule has 0 radical (unpaired) electrons. The van der Waals surface area contributed by atoms with Gasteiger partial charge in [0.05, 0.1) is 16.8 Å². The summed E-state index contributed by atoms with van der Waals surface area (Å²) in [5, 5.41) is 14.6. The number of hydrogen-bond acceptors (Lipinski definition) is 4. The molecule has 7 nitrogen and oxygen atoms in total. The Bertz CT molecular complexity index is 918. The lowest BCUT2D eigenvalue weighted by atomic mass is 9.90. The number of carboxylic acids is 1. The predicted octanol–water partition coefficient (Wildman–Crippen LogP) is 1.91. The highest BCUT2D eigenvalue weighted by Gasteiger charge is 2.42. The molecule has 2 aromatic rings. The maximum atomic E-state index is 13.0. The second kappa shape index (κ2) is 5.98. The lowest BCUT2D eigenvalue weighted by Gasteiger charge is -2.21. The van der Waals surface area contributed by atoms with Crippen molar-refractivity contribution in [2.24, 2.45) is 5.41 Å². The third-order valence-corrected chi connectivity index (χ3v) is 4.80. The van der Waals surface area contributed by atoms with Gasteiger partial charge in [-0.3, -0.25) is 14.4 Å². The first-order chi connectivity index (χ1) is 11.7. The molecular formula is C18H21N3O4. The first-order valence-corrected chi connectivity index (χ1v) is 8.29. The van der Waals surface area contributed by atoms with Crippen LogP contribution in [0.2, 0.25) is 0 Å². The van der Waals surface area contributed by atoms with E-state index in [9.17, 15) is 19.5 Å². The van der Waals surface area contributed by atoms with Gasteiger partial charge in [0.2, 0.25) is 0 Å². The minimum Gasteiger partial charge on any atom is -0.481 e. The molecule has 1 aliphatic rings. The minimum absolute atomic E-state index is 0.137. The Balaban J connectivity index is 2.10. The van der Waals surface area contributed by atoms with Gasteiger partial charge in [-0.2, -0.15) is 5.10 Å². The highest BCUT2D eigenvalue weighted by atomic mass is 16.4. The van der Waals surface area contributed by atoms with Gasteiger partial charge in [0.15, 0.2) is 5.69 Å². The minimum atomic E-state index is -0.946. The molecule has 1 unspecified atom stereocenters. The van der Waals surface area contributed by atoms with Crippen LogP contribution in [0.1, 0.15) is 43.7 Å². The molecule has 1 atom stereocenters. The number of rotatable bonds is 3. The van der Waals surface area contributed by atoms with Crippen LogP contribution in [0, 0.1) is 5.41 Å². The number of amides is 1. The predicted molar refractivity (Wildman–Crippen MR) is 92.7 cm³/mol. The summed E-state index contributed by atoms with van der Waals surface area (Å²) in [6, 6.07) is 6.70. The van der Waals surface area contributed by atoms with Crippen molar-refractivity contribution in [3.05, 3.63) is 40.3 Å². The molecule has 25 heavy (non-hydrogen) atoms. The molecule has 0 bridgehead atoms.